The van der Waals surface area contributed by atoms with Crippen LogP contribution in [0.3, 0.4) is 0 Å². The molecule has 0 spiro atoms. The molecule has 1 atom stereocenters. The number of rotatable bonds is 4. The van der Waals surface area contributed by atoms with Gasteiger partial charge in [-0.05, 0) is 50.9 Å². The molecule has 2 saturated heterocycles. The van der Waals surface area contributed by atoms with E-state index in [0.29, 0.717) is 6.04 Å². The quantitative estimate of drug-likeness (QED) is 0.626. The van der Waals surface area contributed by atoms with Crippen molar-refractivity contribution in [2.75, 3.05) is 31.1 Å². The third kappa shape index (κ3) is 2.77. The molecule has 0 amide bonds. The maximum Gasteiger partial charge on any atom is 0.269 e. The number of hydrogen-bond donors (Lipinski definition) is 0. The van der Waals surface area contributed by atoms with Crippen LogP contribution >= 0.6 is 0 Å². The van der Waals surface area contributed by atoms with Crippen molar-refractivity contribution in [2.45, 2.75) is 31.7 Å². The molecule has 0 radical (unpaired) electrons. The molecule has 1 aromatic carbocycles. The molecular weight excluding hydrogens is 254 g/mol. The summed E-state index contributed by atoms with van der Waals surface area (Å²) in [7, 11) is 0. The Morgan fingerprint density at radius 2 is 1.80 bits per heavy atom. The van der Waals surface area contributed by atoms with Gasteiger partial charge in [-0.15, -0.1) is 0 Å². The highest BCUT2D eigenvalue weighted by Crippen LogP contribution is 2.28. The standard InChI is InChI=1S/C15H21N3O2/c19-18(20)14-7-5-13(6-8-14)17-11-3-4-15(17)12-16-9-1-2-10-16/h5-8,15H,1-4,9-12H2. The number of nitrogens with zero attached hydrogens (tertiary/aromatic N) is 3. The lowest BCUT2D eigenvalue weighted by molar-refractivity contribution is -0.384. The van der Waals surface area contributed by atoms with E-state index in [1.54, 1.807) is 12.1 Å². The van der Waals surface area contributed by atoms with Crippen LogP contribution in [0.2, 0.25) is 0 Å². The Balaban J connectivity index is 1.69. The smallest absolute Gasteiger partial charge is 0.269 e. The number of nitro groups is 1. The molecule has 0 bridgehead atoms. The Bertz CT molecular complexity index is 469. The van der Waals surface area contributed by atoms with Crippen LogP contribution in [0.25, 0.3) is 0 Å². The van der Waals surface area contributed by atoms with Crippen LogP contribution in [0.5, 0.6) is 0 Å². The van der Waals surface area contributed by atoms with E-state index in [1.165, 1.54) is 38.8 Å². The van der Waals surface area contributed by atoms with Gasteiger partial charge in [0.15, 0.2) is 0 Å². The summed E-state index contributed by atoms with van der Waals surface area (Å²) >= 11 is 0. The van der Waals surface area contributed by atoms with E-state index < -0.39 is 0 Å². The van der Waals surface area contributed by atoms with Gasteiger partial charge >= 0.3 is 0 Å². The molecule has 0 aromatic heterocycles. The van der Waals surface area contributed by atoms with Crippen molar-refractivity contribution < 1.29 is 4.92 Å². The van der Waals surface area contributed by atoms with Crippen LogP contribution in [-0.4, -0.2) is 42.0 Å². The summed E-state index contributed by atoms with van der Waals surface area (Å²) in [4.78, 5) is 15.3. The minimum atomic E-state index is -0.338. The van der Waals surface area contributed by atoms with Gasteiger partial charge in [0, 0.05) is 37.0 Å². The van der Waals surface area contributed by atoms with Gasteiger partial charge in [-0.3, -0.25) is 10.1 Å². The molecule has 3 rings (SSSR count). The largest absolute Gasteiger partial charge is 0.367 e. The number of hydrogen-bond acceptors (Lipinski definition) is 4. The van der Waals surface area contributed by atoms with Gasteiger partial charge in [-0.1, -0.05) is 0 Å². The second-order valence-electron chi connectivity index (χ2n) is 5.77. The Morgan fingerprint density at radius 3 is 2.45 bits per heavy atom. The van der Waals surface area contributed by atoms with Gasteiger partial charge in [0.1, 0.15) is 0 Å². The topological polar surface area (TPSA) is 49.6 Å². The summed E-state index contributed by atoms with van der Waals surface area (Å²) < 4.78 is 0. The number of likely N-dealkylation sites (tertiary alicyclic amines) is 1. The van der Waals surface area contributed by atoms with E-state index in [0.717, 1.165) is 18.8 Å². The molecule has 2 heterocycles. The Labute approximate surface area is 119 Å². The number of nitro benzene ring substituents is 1. The van der Waals surface area contributed by atoms with E-state index in [1.807, 2.05) is 12.1 Å². The van der Waals surface area contributed by atoms with Crippen LogP contribution in [0.4, 0.5) is 11.4 Å². The Morgan fingerprint density at radius 1 is 1.10 bits per heavy atom. The molecule has 2 aliphatic heterocycles. The molecule has 2 fully saturated rings. The molecule has 0 saturated carbocycles. The molecule has 0 aliphatic carbocycles. The zero-order valence-electron chi connectivity index (χ0n) is 11.7. The SMILES string of the molecule is O=[N+]([O-])c1ccc(N2CCCC2CN2CCCC2)cc1. The van der Waals surface area contributed by atoms with Gasteiger partial charge in [-0.25, -0.2) is 0 Å². The summed E-state index contributed by atoms with van der Waals surface area (Å²) in [6, 6.07) is 7.57. The average molecular weight is 275 g/mol. The number of benzene rings is 1. The third-order valence-corrected chi connectivity index (χ3v) is 4.44. The lowest BCUT2D eigenvalue weighted by Gasteiger charge is -2.30. The zero-order chi connectivity index (χ0) is 13.9. The molecule has 0 N–H and O–H groups in total. The molecule has 1 aromatic rings. The van der Waals surface area contributed by atoms with E-state index in [4.69, 9.17) is 0 Å². The van der Waals surface area contributed by atoms with E-state index in [2.05, 4.69) is 9.80 Å². The van der Waals surface area contributed by atoms with E-state index in [9.17, 15) is 10.1 Å². The normalized spacial score (nSPS) is 23.4. The fourth-order valence-electron chi connectivity index (χ4n) is 3.39. The minimum absolute atomic E-state index is 0.170. The first-order chi connectivity index (χ1) is 9.74. The fraction of sp³-hybridized carbons (Fsp3) is 0.600. The van der Waals surface area contributed by atoms with Crippen molar-refractivity contribution in [3.63, 3.8) is 0 Å². The highest BCUT2D eigenvalue weighted by molar-refractivity contribution is 5.52. The number of non-ortho nitro benzene ring substituents is 1. The number of anilines is 1. The molecule has 1 unspecified atom stereocenters. The maximum absolute atomic E-state index is 10.7. The maximum atomic E-state index is 10.7. The van der Waals surface area contributed by atoms with Crippen molar-refractivity contribution in [1.82, 2.24) is 4.90 Å². The molecule has 5 heteroatoms. The first kappa shape index (κ1) is 13.4. The lowest BCUT2D eigenvalue weighted by atomic mass is 10.2. The summed E-state index contributed by atoms with van der Waals surface area (Å²) in [6.45, 7) is 4.66. The Hall–Kier alpha value is -1.62. The van der Waals surface area contributed by atoms with E-state index in [-0.39, 0.29) is 10.6 Å². The van der Waals surface area contributed by atoms with Crippen LogP contribution < -0.4 is 4.90 Å². The zero-order valence-corrected chi connectivity index (χ0v) is 11.7. The minimum Gasteiger partial charge on any atom is -0.367 e. The summed E-state index contributed by atoms with van der Waals surface area (Å²) in [5.74, 6) is 0. The second kappa shape index (κ2) is 5.79. The van der Waals surface area contributed by atoms with Crippen LogP contribution in [0, 0.1) is 10.1 Å². The van der Waals surface area contributed by atoms with Crippen molar-refractivity contribution >= 4 is 11.4 Å². The van der Waals surface area contributed by atoms with Crippen molar-refractivity contribution in [1.29, 1.82) is 0 Å². The van der Waals surface area contributed by atoms with Crippen molar-refractivity contribution in [3.8, 4) is 0 Å². The van der Waals surface area contributed by atoms with Crippen LogP contribution in [-0.2, 0) is 0 Å². The summed E-state index contributed by atoms with van der Waals surface area (Å²) in [5, 5.41) is 10.7. The summed E-state index contributed by atoms with van der Waals surface area (Å²) in [5.41, 5.74) is 1.29. The predicted molar refractivity (Wildman–Crippen MR) is 79.1 cm³/mol. The first-order valence-electron chi connectivity index (χ1n) is 7.47. The average Bonchev–Trinajstić information content (AvgIpc) is 3.11. The molecule has 108 valence electrons. The van der Waals surface area contributed by atoms with Crippen LogP contribution in [0.1, 0.15) is 25.7 Å². The third-order valence-electron chi connectivity index (χ3n) is 4.44. The Kier molecular flexibility index (Phi) is 3.87. The second-order valence-corrected chi connectivity index (χ2v) is 5.77. The van der Waals surface area contributed by atoms with Crippen molar-refractivity contribution in [3.05, 3.63) is 34.4 Å². The first-order valence-corrected chi connectivity index (χ1v) is 7.47. The fourth-order valence-corrected chi connectivity index (χ4v) is 3.39. The predicted octanol–water partition coefficient (Wildman–Crippen LogP) is 2.66. The van der Waals surface area contributed by atoms with E-state index >= 15 is 0 Å². The van der Waals surface area contributed by atoms with Crippen molar-refractivity contribution in [2.24, 2.45) is 0 Å². The monoisotopic (exact) mass is 275 g/mol. The van der Waals surface area contributed by atoms with Gasteiger partial charge in [-0.2, -0.15) is 0 Å². The molecule has 5 nitrogen and oxygen atoms in total. The van der Waals surface area contributed by atoms with Gasteiger partial charge in [0.25, 0.3) is 5.69 Å². The molecule has 2 aliphatic rings. The van der Waals surface area contributed by atoms with Gasteiger partial charge in [0.2, 0.25) is 0 Å². The summed E-state index contributed by atoms with van der Waals surface area (Å²) in [6.07, 6.45) is 5.09. The molecule has 20 heavy (non-hydrogen) atoms. The molecular formula is C15H21N3O2. The van der Waals surface area contributed by atoms with Crippen LogP contribution in [0.15, 0.2) is 24.3 Å². The van der Waals surface area contributed by atoms with Gasteiger partial charge in [0.05, 0.1) is 4.92 Å². The lowest BCUT2D eigenvalue weighted by Crippen LogP contribution is -2.39. The highest BCUT2D eigenvalue weighted by Gasteiger charge is 2.27. The van der Waals surface area contributed by atoms with Gasteiger partial charge < -0.3 is 9.80 Å². The highest BCUT2D eigenvalue weighted by atomic mass is 16.6.